The molecule has 0 unspecified atom stereocenters. The summed E-state index contributed by atoms with van der Waals surface area (Å²) in [6.45, 7) is 8.37. The summed E-state index contributed by atoms with van der Waals surface area (Å²) in [7, 11) is 1.79. The van der Waals surface area contributed by atoms with E-state index in [-0.39, 0.29) is 18.2 Å². The average Bonchev–Trinajstić information content (AvgIpc) is 3.18. The second-order valence-electron chi connectivity index (χ2n) is 9.30. The molecule has 1 amide bonds. The number of benzene rings is 1. The van der Waals surface area contributed by atoms with Crippen LogP contribution in [0.4, 0.5) is 0 Å². The lowest BCUT2D eigenvalue weighted by Crippen LogP contribution is -2.31. The Hall–Kier alpha value is -3.36. The second-order valence-corrected chi connectivity index (χ2v) is 9.30. The quantitative estimate of drug-likeness (QED) is 0.376. The van der Waals surface area contributed by atoms with E-state index in [2.05, 4.69) is 18.8 Å². The molecule has 190 valence electrons. The highest BCUT2D eigenvalue weighted by molar-refractivity contribution is 5.76. The fourth-order valence-electron chi connectivity index (χ4n) is 4.04. The number of carbonyl (C=O) groups excluding carboxylic acids is 1. The molecule has 3 rings (SSSR count). The van der Waals surface area contributed by atoms with Crippen molar-refractivity contribution in [1.29, 1.82) is 0 Å². The SMILES string of the molecule is CCCCn1c(=O)[nH]c(=O)c2c1nc(CCC(=O)N(C)CCCOc1ccccc1)n2CC(C)C. The van der Waals surface area contributed by atoms with Gasteiger partial charge < -0.3 is 14.2 Å². The van der Waals surface area contributed by atoms with E-state index in [1.54, 1.807) is 16.5 Å². The van der Waals surface area contributed by atoms with Crippen molar-refractivity contribution in [2.24, 2.45) is 5.92 Å². The number of carbonyl (C=O) groups is 1. The number of aromatic nitrogens is 4. The third kappa shape index (κ3) is 6.83. The lowest BCUT2D eigenvalue weighted by molar-refractivity contribution is -0.130. The molecule has 9 heteroatoms. The van der Waals surface area contributed by atoms with Crippen LogP contribution in [-0.4, -0.2) is 50.1 Å². The van der Waals surface area contributed by atoms with Crippen molar-refractivity contribution in [3.05, 3.63) is 57.0 Å². The summed E-state index contributed by atoms with van der Waals surface area (Å²) in [5, 5.41) is 0. The van der Waals surface area contributed by atoms with Crippen LogP contribution in [0.5, 0.6) is 5.75 Å². The number of fused-ring (bicyclic) bond motifs is 1. The number of unbranched alkanes of at least 4 members (excludes halogenated alkanes) is 1. The van der Waals surface area contributed by atoms with E-state index in [4.69, 9.17) is 9.72 Å². The summed E-state index contributed by atoms with van der Waals surface area (Å²) in [4.78, 5) is 46.8. The average molecular weight is 484 g/mol. The van der Waals surface area contributed by atoms with Gasteiger partial charge in [0.05, 0.1) is 6.61 Å². The molecule has 0 aliphatic rings. The highest BCUT2D eigenvalue weighted by Crippen LogP contribution is 2.16. The topological polar surface area (TPSA) is 102 Å². The van der Waals surface area contributed by atoms with Gasteiger partial charge in [0.15, 0.2) is 11.2 Å². The summed E-state index contributed by atoms with van der Waals surface area (Å²) in [6, 6.07) is 9.61. The van der Waals surface area contributed by atoms with Crippen molar-refractivity contribution in [2.45, 2.75) is 66.0 Å². The fraction of sp³-hybridized carbons (Fsp3) is 0.538. The summed E-state index contributed by atoms with van der Waals surface area (Å²) in [5.74, 6) is 1.75. The maximum absolute atomic E-state index is 12.8. The Morgan fingerprint density at radius 1 is 1.14 bits per heavy atom. The molecule has 1 aromatic carbocycles. The minimum Gasteiger partial charge on any atom is -0.494 e. The second kappa shape index (κ2) is 12.4. The highest BCUT2D eigenvalue weighted by Gasteiger charge is 2.20. The number of aromatic amines is 1. The molecular formula is C26H37N5O4. The molecule has 3 aromatic rings. The normalized spacial score (nSPS) is 11.3. The van der Waals surface area contributed by atoms with Crippen LogP contribution in [0.3, 0.4) is 0 Å². The van der Waals surface area contributed by atoms with Crippen molar-refractivity contribution in [2.75, 3.05) is 20.2 Å². The molecule has 35 heavy (non-hydrogen) atoms. The van der Waals surface area contributed by atoms with Gasteiger partial charge in [0, 0.05) is 39.5 Å². The summed E-state index contributed by atoms with van der Waals surface area (Å²) in [5.41, 5.74) is -0.0609. The Balaban J connectivity index is 1.70. The third-order valence-electron chi connectivity index (χ3n) is 5.89. The van der Waals surface area contributed by atoms with E-state index >= 15 is 0 Å². The Morgan fingerprint density at radius 2 is 1.89 bits per heavy atom. The van der Waals surface area contributed by atoms with Crippen molar-refractivity contribution in [1.82, 2.24) is 24.0 Å². The van der Waals surface area contributed by atoms with E-state index in [0.717, 1.165) is 25.0 Å². The van der Waals surface area contributed by atoms with Crippen molar-refractivity contribution in [3.8, 4) is 5.75 Å². The predicted octanol–water partition coefficient (Wildman–Crippen LogP) is 3.20. The van der Waals surface area contributed by atoms with E-state index in [1.807, 2.05) is 41.8 Å². The van der Waals surface area contributed by atoms with Crippen LogP contribution in [-0.2, 0) is 24.3 Å². The first kappa shape index (κ1) is 26.2. The van der Waals surface area contributed by atoms with Gasteiger partial charge in [-0.2, -0.15) is 0 Å². The standard InChI is InChI=1S/C26H37N5O4/c1-5-6-16-30-24-23(25(33)28-26(30)34)31(18-19(2)3)21(27-24)13-14-22(32)29(4)15-10-17-35-20-11-8-7-9-12-20/h7-9,11-12,19H,5-6,10,13-18H2,1-4H3,(H,28,33,34). The molecule has 0 fully saturated rings. The molecule has 2 aromatic heterocycles. The Morgan fingerprint density at radius 3 is 2.57 bits per heavy atom. The number of imidazole rings is 1. The highest BCUT2D eigenvalue weighted by atomic mass is 16.5. The zero-order chi connectivity index (χ0) is 25.4. The minimum absolute atomic E-state index is 0.00477. The van der Waals surface area contributed by atoms with Crippen LogP contribution in [0.2, 0.25) is 0 Å². The van der Waals surface area contributed by atoms with Gasteiger partial charge >= 0.3 is 5.69 Å². The van der Waals surface area contributed by atoms with Crippen LogP contribution < -0.4 is 16.0 Å². The molecule has 0 spiro atoms. The lowest BCUT2D eigenvalue weighted by atomic mass is 10.2. The van der Waals surface area contributed by atoms with Crippen molar-refractivity contribution < 1.29 is 9.53 Å². The molecule has 0 radical (unpaired) electrons. The van der Waals surface area contributed by atoms with Crippen LogP contribution in [0.1, 0.15) is 52.3 Å². The van der Waals surface area contributed by atoms with E-state index in [0.29, 0.717) is 49.7 Å². The number of hydrogen-bond acceptors (Lipinski definition) is 5. The number of nitrogens with one attached hydrogen (secondary N) is 1. The van der Waals surface area contributed by atoms with E-state index < -0.39 is 11.2 Å². The van der Waals surface area contributed by atoms with Crippen LogP contribution in [0.15, 0.2) is 39.9 Å². The van der Waals surface area contributed by atoms with Crippen molar-refractivity contribution >= 4 is 17.1 Å². The van der Waals surface area contributed by atoms with Crippen molar-refractivity contribution in [3.63, 3.8) is 0 Å². The van der Waals surface area contributed by atoms with Gasteiger partial charge in [0.25, 0.3) is 5.56 Å². The number of nitrogens with zero attached hydrogens (tertiary/aromatic N) is 4. The lowest BCUT2D eigenvalue weighted by Gasteiger charge is -2.17. The van der Waals surface area contributed by atoms with Gasteiger partial charge in [-0.1, -0.05) is 45.4 Å². The first-order valence-corrected chi connectivity index (χ1v) is 12.5. The smallest absolute Gasteiger partial charge is 0.330 e. The number of H-pyrrole nitrogens is 1. The van der Waals surface area contributed by atoms with Crippen LogP contribution >= 0.6 is 0 Å². The Labute approximate surface area is 205 Å². The van der Waals surface area contributed by atoms with Gasteiger partial charge in [0.2, 0.25) is 5.91 Å². The van der Waals surface area contributed by atoms with Gasteiger partial charge in [0.1, 0.15) is 11.6 Å². The van der Waals surface area contributed by atoms with Gasteiger partial charge in [-0.25, -0.2) is 9.78 Å². The number of rotatable bonds is 13. The predicted molar refractivity (Wildman–Crippen MR) is 137 cm³/mol. The maximum atomic E-state index is 12.8. The van der Waals surface area contributed by atoms with Crippen LogP contribution in [0.25, 0.3) is 11.2 Å². The third-order valence-corrected chi connectivity index (χ3v) is 5.89. The Kier molecular flexibility index (Phi) is 9.28. The molecule has 1 N–H and O–H groups in total. The monoisotopic (exact) mass is 483 g/mol. The molecular weight excluding hydrogens is 446 g/mol. The number of ether oxygens (including phenoxy) is 1. The number of amides is 1. The number of aryl methyl sites for hydroxylation is 2. The van der Waals surface area contributed by atoms with E-state index in [1.165, 1.54) is 0 Å². The van der Waals surface area contributed by atoms with Gasteiger partial charge in [-0.05, 0) is 30.9 Å². The Bertz CT molecular complexity index is 1230. The fourth-order valence-corrected chi connectivity index (χ4v) is 4.04. The zero-order valence-electron chi connectivity index (χ0n) is 21.2. The summed E-state index contributed by atoms with van der Waals surface area (Å²) < 4.78 is 9.12. The van der Waals surface area contributed by atoms with Crippen LogP contribution in [0, 0.1) is 5.92 Å². The first-order chi connectivity index (χ1) is 16.8. The van der Waals surface area contributed by atoms with E-state index in [9.17, 15) is 14.4 Å². The molecule has 2 heterocycles. The molecule has 0 aliphatic carbocycles. The first-order valence-electron chi connectivity index (χ1n) is 12.5. The molecule has 0 saturated heterocycles. The van der Waals surface area contributed by atoms with Gasteiger partial charge in [-0.3, -0.25) is 19.1 Å². The van der Waals surface area contributed by atoms with Gasteiger partial charge in [-0.15, -0.1) is 0 Å². The molecule has 0 atom stereocenters. The number of para-hydroxylation sites is 1. The minimum atomic E-state index is -0.440. The molecule has 9 nitrogen and oxygen atoms in total. The largest absolute Gasteiger partial charge is 0.494 e. The number of hydrogen-bond donors (Lipinski definition) is 1. The molecule has 0 aliphatic heterocycles. The molecule has 0 saturated carbocycles. The summed E-state index contributed by atoms with van der Waals surface area (Å²) >= 11 is 0. The maximum Gasteiger partial charge on any atom is 0.330 e. The summed E-state index contributed by atoms with van der Waals surface area (Å²) in [6.07, 6.45) is 3.12. The zero-order valence-corrected chi connectivity index (χ0v) is 21.2. The molecule has 0 bridgehead atoms.